The number of aromatic nitrogens is 1. The molecule has 18 heavy (non-hydrogen) atoms. The van der Waals surface area contributed by atoms with Crippen LogP contribution in [0.15, 0.2) is 52.4 Å². The molecule has 0 radical (unpaired) electrons. The second kappa shape index (κ2) is 4.80. The van der Waals surface area contributed by atoms with Gasteiger partial charge in [0, 0.05) is 26.5 Å². The first-order valence-corrected chi connectivity index (χ1v) is 7.27. The van der Waals surface area contributed by atoms with E-state index in [9.17, 15) is 0 Å². The highest BCUT2D eigenvalue weighted by Crippen LogP contribution is 2.33. The van der Waals surface area contributed by atoms with Gasteiger partial charge in [0.15, 0.2) is 0 Å². The third-order valence-corrected chi connectivity index (χ3v) is 4.88. The highest BCUT2D eigenvalue weighted by molar-refractivity contribution is 9.10. The smallest absolute Gasteiger partial charge is 0.0753 e. The van der Waals surface area contributed by atoms with Crippen LogP contribution >= 0.6 is 27.3 Å². The van der Waals surface area contributed by atoms with Gasteiger partial charge in [-0.1, -0.05) is 24.3 Å². The zero-order chi connectivity index (χ0) is 12.5. The van der Waals surface area contributed by atoms with Crippen molar-refractivity contribution in [2.45, 2.75) is 6.04 Å². The lowest BCUT2D eigenvalue weighted by Gasteiger charge is -2.13. The average molecular weight is 319 g/mol. The van der Waals surface area contributed by atoms with E-state index in [2.05, 4.69) is 33.0 Å². The maximum atomic E-state index is 6.37. The molecule has 0 saturated carbocycles. The van der Waals surface area contributed by atoms with Gasteiger partial charge in [-0.2, -0.15) is 0 Å². The first-order chi connectivity index (χ1) is 8.77. The van der Waals surface area contributed by atoms with Gasteiger partial charge in [-0.15, -0.1) is 11.3 Å². The molecule has 3 rings (SSSR count). The van der Waals surface area contributed by atoms with E-state index in [1.54, 1.807) is 11.3 Å². The number of nitrogens with zero attached hydrogens (tertiary/aromatic N) is 1. The molecule has 1 unspecified atom stereocenters. The molecule has 3 aromatic rings. The highest BCUT2D eigenvalue weighted by atomic mass is 79.9. The van der Waals surface area contributed by atoms with Crippen molar-refractivity contribution in [3.05, 3.63) is 62.9 Å². The summed E-state index contributed by atoms with van der Waals surface area (Å²) in [6, 6.07) is 12.0. The molecule has 0 fully saturated rings. The maximum absolute atomic E-state index is 6.37. The van der Waals surface area contributed by atoms with Crippen molar-refractivity contribution in [1.82, 2.24) is 4.98 Å². The summed E-state index contributed by atoms with van der Waals surface area (Å²) in [6.07, 6.45) is 1.81. The lowest BCUT2D eigenvalue weighted by molar-refractivity contribution is 0.895. The Kier molecular flexibility index (Phi) is 3.16. The third kappa shape index (κ3) is 1.96. The van der Waals surface area contributed by atoms with Crippen molar-refractivity contribution in [3.8, 4) is 0 Å². The van der Waals surface area contributed by atoms with Crippen molar-refractivity contribution in [2.75, 3.05) is 0 Å². The molecule has 0 aliphatic rings. The predicted molar refractivity (Wildman–Crippen MR) is 79.8 cm³/mol. The number of nitrogens with two attached hydrogens (primary N) is 1. The molecule has 0 bridgehead atoms. The van der Waals surface area contributed by atoms with E-state index in [-0.39, 0.29) is 6.04 Å². The van der Waals surface area contributed by atoms with Gasteiger partial charge in [0.25, 0.3) is 0 Å². The standard InChI is InChI=1S/C14H11BrN2S/c15-11-6-8-18-14(11)12(16)10-5-1-3-9-4-2-7-17-13(9)10/h1-8,12H,16H2. The molecule has 0 aliphatic heterocycles. The Bertz CT molecular complexity index is 688. The molecule has 0 saturated heterocycles. The molecule has 90 valence electrons. The Labute approximate surface area is 118 Å². The van der Waals surface area contributed by atoms with Crippen LogP contribution in [0.25, 0.3) is 10.9 Å². The van der Waals surface area contributed by atoms with Gasteiger partial charge in [-0.3, -0.25) is 4.98 Å². The minimum Gasteiger partial charge on any atom is -0.320 e. The number of rotatable bonds is 2. The topological polar surface area (TPSA) is 38.9 Å². The average Bonchev–Trinajstić information content (AvgIpc) is 2.83. The molecule has 2 N–H and O–H groups in total. The summed E-state index contributed by atoms with van der Waals surface area (Å²) < 4.78 is 1.06. The number of para-hydroxylation sites is 1. The Hall–Kier alpha value is -1.23. The summed E-state index contributed by atoms with van der Waals surface area (Å²) in [5, 5.41) is 3.16. The number of hydrogen-bond donors (Lipinski definition) is 1. The Morgan fingerprint density at radius 3 is 2.78 bits per heavy atom. The Morgan fingerprint density at radius 2 is 2.00 bits per heavy atom. The maximum Gasteiger partial charge on any atom is 0.0753 e. The largest absolute Gasteiger partial charge is 0.320 e. The van der Waals surface area contributed by atoms with E-state index in [0.717, 1.165) is 25.8 Å². The summed E-state index contributed by atoms with van der Waals surface area (Å²) in [5.41, 5.74) is 8.41. The molecular weight excluding hydrogens is 308 g/mol. The minimum atomic E-state index is -0.141. The highest BCUT2D eigenvalue weighted by Gasteiger charge is 2.16. The monoisotopic (exact) mass is 318 g/mol. The van der Waals surface area contributed by atoms with Crippen molar-refractivity contribution >= 4 is 38.2 Å². The normalized spacial score (nSPS) is 12.8. The molecule has 4 heteroatoms. The van der Waals surface area contributed by atoms with E-state index in [0.29, 0.717) is 0 Å². The first-order valence-electron chi connectivity index (χ1n) is 5.59. The lowest BCUT2D eigenvalue weighted by Crippen LogP contribution is -2.11. The van der Waals surface area contributed by atoms with Crippen LogP contribution in [0.1, 0.15) is 16.5 Å². The van der Waals surface area contributed by atoms with E-state index in [4.69, 9.17) is 5.73 Å². The van der Waals surface area contributed by atoms with Gasteiger partial charge >= 0.3 is 0 Å². The van der Waals surface area contributed by atoms with Gasteiger partial charge in [0.1, 0.15) is 0 Å². The van der Waals surface area contributed by atoms with Gasteiger partial charge < -0.3 is 5.73 Å². The third-order valence-electron chi connectivity index (χ3n) is 2.93. The summed E-state index contributed by atoms with van der Waals surface area (Å²) in [6.45, 7) is 0. The number of pyridine rings is 1. The molecule has 2 heterocycles. The Balaban J connectivity index is 2.18. The number of hydrogen-bond acceptors (Lipinski definition) is 3. The number of benzene rings is 1. The second-order valence-corrected chi connectivity index (χ2v) is 5.83. The van der Waals surface area contributed by atoms with Crippen molar-refractivity contribution in [1.29, 1.82) is 0 Å². The van der Waals surface area contributed by atoms with Crippen molar-refractivity contribution < 1.29 is 0 Å². The molecule has 2 aromatic heterocycles. The molecule has 0 aliphatic carbocycles. The second-order valence-electron chi connectivity index (χ2n) is 4.03. The van der Waals surface area contributed by atoms with E-state index in [1.165, 1.54) is 0 Å². The van der Waals surface area contributed by atoms with Gasteiger partial charge in [-0.25, -0.2) is 0 Å². The summed E-state index contributed by atoms with van der Waals surface area (Å²) >= 11 is 5.20. The SMILES string of the molecule is NC(c1sccc1Br)c1cccc2cccnc12. The molecular formula is C14H11BrN2S. The zero-order valence-corrected chi connectivity index (χ0v) is 11.9. The summed E-state index contributed by atoms with van der Waals surface area (Å²) in [7, 11) is 0. The first kappa shape index (κ1) is 11.8. The number of halogens is 1. The molecule has 2 nitrogen and oxygen atoms in total. The number of thiophene rings is 1. The van der Waals surface area contributed by atoms with Crippen LogP contribution in [0.2, 0.25) is 0 Å². The van der Waals surface area contributed by atoms with E-state index in [1.807, 2.05) is 35.8 Å². The van der Waals surface area contributed by atoms with Gasteiger partial charge in [-0.05, 0) is 33.4 Å². The van der Waals surface area contributed by atoms with Crippen molar-refractivity contribution in [3.63, 3.8) is 0 Å². The summed E-state index contributed by atoms with van der Waals surface area (Å²) in [5.74, 6) is 0. The van der Waals surface area contributed by atoms with Crippen LogP contribution in [0.4, 0.5) is 0 Å². The fourth-order valence-corrected chi connectivity index (χ4v) is 3.69. The fraction of sp³-hybridized carbons (Fsp3) is 0.0714. The predicted octanol–water partition coefficient (Wildman–Crippen LogP) is 4.11. The fourth-order valence-electron chi connectivity index (χ4n) is 2.05. The molecule has 1 aromatic carbocycles. The van der Waals surface area contributed by atoms with Crippen LogP contribution in [-0.4, -0.2) is 4.98 Å². The van der Waals surface area contributed by atoms with E-state index >= 15 is 0 Å². The molecule has 1 atom stereocenters. The number of fused-ring (bicyclic) bond motifs is 1. The molecule has 0 amide bonds. The quantitative estimate of drug-likeness (QED) is 0.772. The minimum absolute atomic E-state index is 0.141. The van der Waals surface area contributed by atoms with Crippen LogP contribution in [0.3, 0.4) is 0 Å². The van der Waals surface area contributed by atoms with Crippen molar-refractivity contribution in [2.24, 2.45) is 5.73 Å². The Morgan fingerprint density at radius 1 is 1.17 bits per heavy atom. The zero-order valence-electron chi connectivity index (χ0n) is 9.51. The van der Waals surface area contributed by atoms with E-state index < -0.39 is 0 Å². The van der Waals surface area contributed by atoms with Crippen LogP contribution < -0.4 is 5.73 Å². The lowest BCUT2D eigenvalue weighted by atomic mass is 10.0. The summed E-state index contributed by atoms with van der Waals surface area (Å²) in [4.78, 5) is 5.58. The van der Waals surface area contributed by atoms with Gasteiger partial charge in [0.05, 0.1) is 11.6 Å². The van der Waals surface area contributed by atoms with Crippen LogP contribution in [0.5, 0.6) is 0 Å². The van der Waals surface area contributed by atoms with Crippen LogP contribution in [0, 0.1) is 0 Å². The molecule has 0 spiro atoms. The van der Waals surface area contributed by atoms with Gasteiger partial charge in [0.2, 0.25) is 0 Å². The van der Waals surface area contributed by atoms with Crippen LogP contribution in [-0.2, 0) is 0 Å².